The van der Waals surface area contributed by atoms with Gasteiger partial charge in [0, 0.05) is 74.1 Å². The van der Waals surface area contributed by atoms with Crippen LogP contribution in [0.4, 0.5) is 11.5 Å². The molecule has 208 valence electrons. The molecule has 2 aliphatic rings. The molecule has 41 heavy (non-hydrogen) atoms. The van der Waals surface area contributed by atoms with E-state index in [2.05, 4.69) is 70.2 Å². The van der Waals surface area contributed by atoms with Crippen LogP contribution in [0.2, 0.25) is 0 Å². The SMILES string of the molecule is Cc1ccc(C2(C(=O)N3CCN(c4ccc(-c5cc(-c6cnn(C)c6)cn6ncc(N)c56)cn4)CC3)CC2)c(C)c1. The number of piperazine rings is 1. The molecule has 1 aliphatic heterocycles. The molecule has 0 atom stereocenters. The summed E-state index contributed by atoms with van der Waals surface area (Å²) in [4.78, 5) is 22.8. The minimum Gasteiger partial charge on any atom is -0.396 e. The van der Waals surface area contributed by atoms with E-state index in [1.165, 1.54) is 16.7 Å². The van der Waals surface area contributed by atoms with Gasteiger partial charge in [-0.15, -0.1) is 0 Å². The number of amides is 1. The lowest BCUT2D eigenvalue weighted by Gasteiger charge is -2.37. The van der Waals surface area contributed by atoms with Gasteiger partial charge < -0.3 is 15.5 Å². The Balaban J connectivity index is 1.09. The minimum absolute atomic E-state index is 0.281. The van der Waals surface area contributed by atoms with Gasteiger partial charge in [0.25, 0.3) is 0 Å². The lowest BCUT2D eigenvalue weighted by molar-refractivity contribution is -0.134. The van der Waals surface area contributed by atoms with E-state index in [-0.39, 0.29) is 11.3 Å². The van der Waals surface area contributed by atoms with Crippen molar-refractivity contribution in [2.45, 2.75) is 32.1 Å². The van der Waals surface area contributed by atoms with E-state index in [0.717, 1.165) is 59.5 Å². The number of carbonyl (C=O) groups is 1. The highest BCUT2D eigenvalue weighted by molar-refractivity contribution is 5.92. The fraction of sp³-hybridized carbons (Fsp3) is 0.312. The van der Waals surface area contributed by atoms with Gasteiger partial charge in [-0.25, -0.2) is 9.50 Å². The number of rotatable bonds is 5. The lowest BCUT2D eigenvalue weighted by atomic mass is 9.89. The molecule has 2 fully saturated rings. The molecule has 2 N–H and O–H groups in total. The molecule has 0 unspecified atom stereocenters. The molecule has 0 bridgehead atoms. The van der Waals surface area contributed by atoms with Crippen LogP contribution < -0.4 is 10.6 Å². The minimum atomic E-state index is -0.328. The second-order valence-corrected chi connectivity index (χ2v) is 11.5. The van der Waals surface area contributed by atoms with Gasteiger partial charge in [0.05, 0.1) is 29.0 Å². The normalized spacial score (nSPS) is 16.4. The predicted molar refractivity (Wildman–Crippen MR) is 161 cm³/mol. The van der Waals surface area contributed by atoms with Gasteiger partial charge in [-0.05, 0) is 56.0 Å². The highest BCUT2D eigenvalue weighted by atomic mass is 16.2. The van der Waals surface area contributed by atoms with Crippen LogP contribution in [0.5, 0.6) is 0 Å². The van der Waals surface area contributed by atoms with E-state index in [9.17, 15) is 4.79 Å². The first-order valence-electron chi connectivity index (χ1n) is 14.2. The second-order valence-electron chi connectivity index (χ2n) is 11.5. The first-order chi connectivity index (χ1) is 19.8. The number of nitrogens with zero attached hydrogens (tertiary/aromatic N) is 7. The number of aromatic nitrogens is 5. The first-order valence-corrected chi connectivity index (χ1v) is 14.2. The van der Waals surface area contributed by atoms with E-state index in [4.69, 9.17) is 10.7 Å². The number of benzene rings is 1. The third-order valence-corrected chi connectivity index (χ3v) is 8.68. The standard InChI is InChI=1S/C32H34N8O/c1-21-4-6-27(22(2)14-21)32(8-9-32)31(41)39-12-10-38(11-13-39)29-7-5-23(16-34-29)26-15-24(25-17-35-37(3)19-25)20-40-30(26)28(33)18-36-40/h4-7,14-20H,8-13,33H2,1-3H3. The molecule has 7 rings (SSSR count). The summed E-state index contributed by atoms with van der Waals surface area (Å²) in [7, 11) is 1.90. The molecule has 1 amide bonds. The number of carbonyl (C=O) groups excluding carboxylic acids is 1. The zero-order valence-electron chi connectivity index (χ0n) is 23.7. The summed E-state index contributed by atoms with van der Waals surface area (Å²) in [5, 5.41) is 8.78. The quantitative estimate of drug-likeness (QED) is 0.352. The molecule has 1 saturated heterocycles. The Labute approximate surface area is 239 Å². The molecule has 1 saturated carbocycles. The number of nitrogen functional groups attached to an aromatic ring is 1. The van der Waals surface area contributed by atoms with Crippen molar-refractivity contribution in [3.8, 4) is 22.3 Å². The summed E-state index contributed by atoms with van der Waals surface area (Å²) in [6.07, 6.45) is 11.3. The summed E-state index contributed by atoms with van der Waals surface area (Å²) >= 11 is 0. The third kappa shape index (κ3) is 4.32. The average Bonchev–Trinajstić information content (AvgIpc) is 3.53. The third-order valence-electron chi connectivity index (χ3n) is 8.68. The number of hydrogen-bond donors (Lipinski definition) is 1. The molecule has 0 radical (unpaired) electrons. The van der Waals surface area contributed by atoms with Gasteiger partial charge in [-0.2, -0.15) is 10.2 Å². The number of aryl methyl sites for hydroxylation is 3. The van der Waals surface area contributed by atoms with Crippen LogP contribution in [0.3, 0.4) is 0 Å². The maximum Gasteiger partial charge on any atom is 0.233 e. The fourth-order valence-electron chi connectivity index (χ4n) is 6.34. The van der Waals surface area contributed by atoms with Gasteiger partial charge in [-0.3, -0.25) is 9.48 Å². The Kier molecular flexibility index (Phi) is 5.85. The van der Waals surface area contributed by atoms with Gasteiger partial charge in [0.1, 0.15) is 5.82 Å². The molecule has 5 aromatic rings. The van der Waals surface area contributed by atoms with Crippen LogP contribution in [0.15, 0.2) is 67.4 Å². The molecule has 9 nitrogen and oxygen atoms in total. The van der Waals surface area contributed by atoms with Crippen molar-refractivity contribution in [1.82, 2.24) is 29.3 Å². The Hall–Kier alpha value is -4.66. The zero-order chi connectivity index (χ0) is 28.3. The summed E-state index contributed by atoms with van der Waals surface area (Å²) in [6.45, 7) is 7.16. The zero-order valence-corrected chi connectivity index (χ0v) is 23.7. The van der Waals surface area contributed by atoms with Gasteiger partial charge in [0.2, 0.25) is 5.91 Å². The number of hydrogen-bond acceptors (Lipinski definition) is 6. The van der Waals surface area contributed by atoms with Crippen LogP contribution >= 0.6 is 0 Å². The van der Waals surface area contributed by atoms with Crippen molar-refractivity contribution in [2.24, 2.45) is 7.05 Å². The fourth-order valence-corrected chi connectivity index (χ4v) is 6.34. The monoisotopic (exact) mass is 546 g/mol. The molecular weight excluding hydrogens is 512 g/mol. The van der Waals surface area contributed by atoms with Crippen molar-refractivity contribution in [1.29, 1.82) is 0 Å². The van der Waals surface area contributed by atoms with E-state index < -0.39 is 0 Å². The summed E-state index contributed by atoms with van der Waals surface area (Å²) in [5.41, 5.74) is 15.1. The Morgan fingerprint density at radius 1 is 0.878 bits per heavy atom. The number of fused-ring (bicyclic) bond motifs is 1. The summed E-state index contributed by atoms with van der Waals surface area (Å²) in [6, 6.07) is 12.8. The van der Waals surface area contributed by atoms with E-state index in [1.807, 2.05) is 36.4 Å². The maximum atomic E-state index is 13.7. The van der Waals surface area contributed by atoms with Gasteiger partial charge in [0.15, 0.2) is 0 Å². The van der Waals surface area contributed by atoms with E-state index in [0.29, 0.717) is 18.8 Å². The van der Waals surface area contributed by atoms with Crippen molar-refractivity contribution in [2.75, 3.05) is 36.8 Å². The van der Waals surface area contributed by atoms with Crippen LogP contribution in [0.25, 0.3) is 27.8 Å². The maximum absolute atomic E-state index is 13.7. The van der Waals surface area contributed by atoms with Crippen molar-refractivity contribution >= 4 is 22.9 Å². The highest BCUT2D eigenvalue weighted by Gasteiger charge is 2.53. The Morgan fingerprint density at radius 3 is 2.34 bits per heavy atom. The average molecular weight is 547 g/mol. The van der Waals surface area contributed by atoms with Crippen LogP contribution in [-0.2, 0) is 17.3 Å². The number of anilines is 2. The van der Waals surface area contributed by atoms with E-state index >= 15 is 0 Å². The van der Waals surface area contributed by atoms with Crippen molar-refractivity contribution < 1.29 is 4.79 Å². The summed E-state index contributed by atoms with van der Waals surface area (Å²) < 4.78 is 3.61. The van der Waals surface area contributed by atoms with Crippen molar-refractivity contribution in [3.63, 3.8) is 0 Å². The van der Waals surface area contributed by atoms with E-state index in [1.54, 1.807) is 10.9 Å². The molecule has 4 aromatic heterocycles. The summed E-state index contributed by atoms with van der Waals surface area (Å²) in [5.74, 6) is 1.19. The van der Waals surface area contributed by atoms with Crippen LogP contribution in [0.1, 0.15) is 29.5 Å². The van der Waals surface area contributed by atoms with Crippen LogP contribution in [0, 0.1) is 13.8 Å². The Bertz CT molecular complexity index is 1770. The Morgan fingerprint density at radius 2 is 1.68 bits per heavy atom. The van der Waals surface area contributed by atoms with Crippen molar-refractivity contribution in [3.05, 3.63) is 84.1 Å². The smallest absolute Gasteiger partial charge is 0.233 e. The highest BCUT2D eigenvalue weighted by Crippen LogP contribution is 2.51. The predicted octanol–water partition coefficient (Wildman–Crippen LogP) is 4.38. The topological polar surface area (TPSA) is 97.6 Å². The first kappa shape index (κ1) is 25.3. The van der Waals surface area contributed by atoms with Crippen LogP contribution in [-0.4, -0.2) is 61.4 Å². The second kappa shape index (κ2) is 9.47. The number of nitrogens with two attached hydrogens (primary N) is 1. The number of pyridine rings is 2. The van der Waals surface area contributed by atoms with Gasteiger partial charge in [-0.1, -0.05) is 23.8 Å². The largest absolute Gasteiger partial charge is 0.396 e. The molecule has 1 aromatic carbocycles. The molecule has 9 heteroatoms. The molecular formula is C32H34N8O. The van der Waals surface area contributed by atoms with Gasteiger partial charge >= 0.3 is 0 Å². The lowest BCUT2D eigenvalue weighted by Crippen LogP contribution is -2.51. The molecule has 5 heterocycles. The molecule has 1 aliphatic carbocycles. The molecule has 0 spiro atoms.